The van der Waals surface area contributed by atoms with Crippen LogP contribution in [0.5, 0.6) is 5.75 Å². The van der Waals surface area contributed by atoms with Gasteiger partial charge in [0.25, 0.3) is 5.91 Å². The minimum Gasteiger partial charge on any atom is -0.508 e. The van der Waals surface area contributed by atoms with E-state index in [-0.39, 0.29) is 24.0 Å². The molecule has 1 unspecified atom stereocenters. The van der Waals surface area contributed by atoms with Gasteiger partial charge in [-0.3, -0.25) is 19.7 Å². The minimum absolute atomic E-state index is 0.0373. The zero-order valence-electron chi connectivity index (χ0n) is 20.1. The van der Waals surface area contributed by atoms with E-state index in [4.69, 9.17) is 0 Å². The van der Waals surface area contributed by atoms with E-state index in [9.17, 15) is 23.9 Å². The molecular weight excluding hydrogens is 463 g/mol. The highest BCUT2D eigenvalue weighted by Crippen LogP contribution is 2.32. The normalized spacial score (nSPS) is 22.1. The van der Waals surface area contributed by atoms with Crippen LogP contribution in [0.15, 0.2) is 36.4 Å². The second kappa shape index (κ2) is 10.3. The number of amides is 3. The van der Waals surface area contributed by atoms with Crippen LogP contribution in [0.4, 0.5) is 10.1 Å². The summed E-state index contributed by atoms with van der Waals surface area (Å²) in [6.07, 6.45) is 3.39. The molecule has 0 spiro atoms. The summed E-state index contributed by atoms with van der Waals surface area (Å²) in [7, 11) is 0. The number of nitrogens with zero attached hydrogens (tertiary/aromatic N) is 2. The van der Waals surface area contributed by atoms with Gasteiger partial charge < -0.3 is 20.2 Å². The number of imide groups is 1. The Morgan fingerprint density at radius 2 is 2.00 bits per heavy atom. The van der Waals surface area contributed by atoms with Crippen LogP contribution in [-0.2, 0) is 22.6 Å². The van der Waals surface area contributed by atoms with Crippen molar-refractivity contribution in [1.82, 2.24) is 15.1 Å². The number of carbonyl (C=O) groups is 3. The predicted octanol–water partition coefficient (Wildman–Crippen LogP) is 2.66. The second-order valence-corrected chi connectivity index (χ2v) is 9.97. The van der Waals surface area contributed by atoms with Crippen molar-refractivity contribution < 1.29 is 23.9 Å². The molecule has 3 aliphatic rings. The lowest BCUT2D eigenvalue weighted by Gasteiger charge is -2.29. The number of carbonyl (C=O) groups excluding carboxylic acids is 3. The SMILES string of the molecule is O=C1CCC(N2Cc3c(NCC[C@@H]4CCN(CCc5cc(O)cc(F)c5)C4)cccc3C2=O)C(=O)N1. The van der Waals surface area contributed by atoms with Crippen LogP contribution in [-0.4, -0.2) is 64.8 Å². The van der Waals surface area contributed by atoms with Crippen molar-refractivity contribution >= 4 is 23.4 Å². The molecule has 2 aromatic rings. The fourth-order valence-electron chi connectivity index (χ4n) is 5.58. The van der Waals surface area contributed by atoms with E-state index in [1.165, 1.54) is 6.07 Å². The molecule has 0 aliphatic carbocycles. The third kappa shape index (κ3) is 5.21. The lowest BCUT2D eigenvalue weighted by molar-refractivity contribution is -0.136. The lowest BCUT2D eigenvalue weighted by Crippen LogP contribution is -2.52. The molecule has 5 rings (SSSR count). The average molecular weight is 495 g/mol. The number of aromatic hydroxyl groups is 1. The highest BCUT2D eigenvalue weighted by molar-refractivity contribution is 6.06. The highest BCUT2D eigenvalue weighted by Gasteiger charge is 2.39. The van der Waals surface area contributed by atoms with Gasteiger partial charge in [0.1, 0.15) is 17.6 Å². The van der Waals surface area contributed by atoms with Crippen molar-refractivity contribution in [3.8, 4) is 5.75 Å². The first-order chi connectivity index (χ1) is 17.4. The Bertz CT molecular complexity index is 1170. The number of phenolic OH excluding ortho intramolecular Hbond substituents is 1. The molecule has 3 heterocycles. The van der Waals surface area contributed by atoms with E-state index in [1.54, 1.807) is 17.0 Å². The van der Waals surface area contributed by atoms with Crippen LogP contribution >= 0.6 is 0 Å². The maximum absolute atomic E-state index is 13.5. The number of likely N-dealkylation sites (tertiary alicyclic amines) is 1. The number of rotatable bonds is 8. The van der Waals surface area contributed by atoms with Crippen LogP contribution < -0.4 is 10.6 Å². The van der Waals surface area contributed by atoms with Crippen molar-refractivity contribution in [3.63, 3.8) is 0 Å². The first-order valence-electron chi connectivity index (χ1n) is 12.6. The summed E-state index contributed by atoms with van der Waals surface area (Å²) in [5.41, 5.74) is 3.23. The largest absolute Gasteiger partial charge is 0.508 e. The van der Waals surface area contributed by atoms with Crippen LogP contribution in [0.3, 0.4) is 0 Å². The quantitative estimate of drug-likeness (QED) is 0.488. The first kappa shape index (κ1) is 24.2. The Labute approximate surface area is 209 Å². The van der Waals surface area contributed by atoms with Gasteiger partial charge in [0.2, 0.25) is 11.8 Å². The van der Waals surface area contributed by atoms with Crippen LogP contribution in [0.25, 0.3) is 0 Å². The summed E-state index contributed by atoms with van der Waals surface area (Å²) in [5.74, 6) is -0.754. The number of nitrogens with one attached hydrogen (secondary N) is 2. The number of anilines is 1. The van der Waals surface area contributed by atoms with Gasteiger partial charge >= 0.3 is 0 Å². The van der Waals surface area contributed by atoms with Crippen molar-refractivity contribution in [2.75, 3.05) is 31.5 Å². The molecule has 0 radical (unpaired) electrons. The molecule has 190 valence electrons. The Kier molecular flexibility index (Phi) is 6.91. The van der Waals surface area contributed by atoms with E-state index in [1.807, 2.05) is 12.1 Å². The van der Waals surface area contributed by atoms with E-state index in [0.717, 1.165) is 61.9 Å². The van der Waals surface area contributed by atoms with Gasteiger partial charge in [-0.15, -0.1) is 0 Å². The van der Waals surface area contributed by atoms with Gasteiger partial charge in [-0.1, -0.05) is 6.07 Å². The maximum atomic E-state index is 13.5. The molecule has 8 nitrogen and oxygen atoms in total. The summed E-state index contributed by atoms with van der Waals surface area (Å²) >= 11 is 0. The smallest absolute Gasteiger partial charge is 0.255 e. The maximum Gasteiger partial charge on any atom is 0.255 e. The predicted molar refractivity (Wildman–Crippen MR) is 132 cm³/mol. The standard InChI is InChI=1S/C27H31FN4O4/c28-19-12-18(13-20(33)14-19)8-11-31-10-7-17(15-31)6-9-29-23-3-1-2-21-22(23)16-32(27(21)36)24-4-5-25(34)30-26(24)35/h1-3,12-14,17,24,29,33H,4-11,15-16H2,(H,30,34,35)/t17-,24?/m1/s1. The van der Waals surface area contributed by atoms with Gasteiger partial charge in [-0.2, -0.15) is 0 Å². The highest BCUT2D eigenvalue weighted by atomic mass is 19.1. The third-order valence-electron chi connectivity index (χ3n) is 7.48. The Hall–Kier alpha value is -3.46. The fourth-order valence-corrected chi connectivity index (χ4v) is 5.58. The molecule has 0 aromatic heterocycles. The number of hydrogen-bond acceptors (Lipinski definition) is 6. The zero-order chi connectivity index (χ0) is 25.2. The monoisotopic (exact) mass is 494 g/mol. The number of halogens is 1. The van der Waals surface area contributed by atoms with Crippen LogP contribution in [0, 0.1) is 11.7 Å². The Balaban J connectivity index is 1.11. The van der Waals surface area contributed by atoms with Crippen LogP contribution in [0.1, 0.15) is 47.2 Å². The van der Waals surface area contributed by atoms with E-state index >= 15 is 0 Å². The molecule has 3 amide bonds. The summed E-state index contributed by atoms with van der Waals surface area (Å²) in [6.45, 7) is 3.95. The molecule has 9 heteroatoms. The fraction of sp³-hybridized carbons (Fsp3) is 0.444. The van der Waals surface area contributed by atoms with E-state index in [2.05, 4.69) is 15.5 Å². The lowest BCUT2D eigenvalue weighted by atomic mass is 10.0. The van der Waals surface area contributed by atoms with Crippen LogP contribution in [0.2, 0.25) is 0 Å². The van der Waals surface area contributed by atoms with Gasteiger partial charge in [0.15, 0.2) is 0 Å². The molecule has 36 heavy (non-hydrogen) atoms. The molecule has 2 atom stereocenters. The van der Waals surface area contributed by atoms with Crippen molar-refractivity contribution in [1.29, 1.82) is 0 Å². The number of phenols is 1. The van der Waals surface area contributed by atoms with Gasteiger partial charge in [0, 0.05) is 55.5 Å². The topological polar surface area (TPSA) is 102 Å². The minimum atomic E-state index is -0.615. The van der Waals surface area contributed by atoms with Crippen molar-refractivity contribution in [3.05, 3.63) is 58.9 Å². The Morgan fingerprint density at radius 1 is 1.14 bits per heavy atom. The van der Waals surface area contributed by atoms with Gasteiger partial charge in [0.05, 0.1) is 0 Å². The van der Waals surface area contributed by atoms with Gasteiger partial charge in [-0.05, 0) is 68.0 Å². The van der Waals surface area contributed by atoms with Gasteiger partial charge in [-0.25, -0.2) is 4.39 Å². The number of benzene rings is 2. The van der Waals surface area contributed by atoms with E-state index < -0.39 is 17.8 Å². The Morgan fingerprint density at radius 3 is 2.81 bits per heavy atom. The second-order valence-electron chi connectivity index (χ2n) is 9.97. The summed E-state index contributed by atoms with van der Waals surface area (Å²) in [5, 5.41) is 15.4. The van der Waals surface area contributed by atoms with E-state index in [0.29, 0.717) is 30.9 Å². The molecule has 3 aliphatic heterocycles. The molecule has 2 saturated heterocycles. The molecule has 2 aromatic carbocycles. The number of piperidine rings is 1. The first-order valence-corrected chi connectivity index (χ1v) is 12.6. The summed E-state index contributed by atoms with van der Waals surface area (Å²) in [6, 6.07) is 9.21. The summed E-state index contributed by atoms with van der Waals surface area (Å²) in [4.78, 5) is 40.7. The van der Waals surface area contributed by atoms with Crippen molar-refractivity contribution in [2.45, 2.75) is 44.7 Å². The molecule has 0 saturated carbocycles. The zero-order valence-corrected chi connectivity index (χ0v) is 20.1. The number of fused-ring (bicyclic) bond motifs is 1. The third-order valence-corrected chi connectivity index (χ3v) is 7.48. The molecular formula is C27H31FN4O4. The molecule has 0 bridgehead atoms. The molecule has 2 fully saturated rings. The number of hydrogen-bond donors (Lipinski definition) is 3. The molecule has 3 N–H and O–H groups in total. The summed E-state index contributed by atoms with van der Waals surface area (Å²) < 4.78 is 13.5. The van der Waals surface area contributed by atoms with Crippen molar-refractivity contribution in [2.24, 2.45) is 5.92 Å². The average Bonchev–Trinajstić information content (AvgIpc) is 3.42.